The van der Waals surface area contributed by atoms with Gasteiger partial charge in [0.2, 0.25) is 0 Å². The van der Waals surface area contributed by atoms with Crippen molar-refractivity contribution in [1.29, 1.82) is 0 Å². The fourth-order valence-corrected chi connectivity index (χ4v) is 3.91. The molecular weight excluding hydrogens is 364 g/mol. The van der Waals surface area contributed by atoms with Crippen LogP contribution < -0.4 is 10.1 Å². The highest BCUT2D eigenvalue weighted by molar-refractivity contribution is 5.94. The van der Waals surface area contributed by atoms with Crippen LogP contribution in [-0.2, 0) is 22.5 Å². The summed E-state index contributed by atoms with van der Waals surface area (Å²) < 4.78 is 10.7. The molecule has 5 nitrogen and oxygen atoms in total. The van der Waals surface area contributed by atoms with E-state index in [0.717, 1.165) is 50.3 Å². The van der Waals surface area contributed by atoms with E-state index in [1.54, 1.807) is 7.11 Å². The molecule has 1 atom stereocenters. The third-order valence-electron chi connectivity index (χ3n) is 5.58. The van der Waals surface area contributed by atoms with Crippen LogP contribution >= 0.6 is 0 Å². The minimum absolute atomic E-state index is 0.0301. The molecule has 1 N–H and O–H groups in total. The molecule has 0 spiro atoms. The van der Waals surface area contributed by atoms with Crippen molar-refractivity contribution >= 4 is 17.7 Å². The van der Waals surface area contributed by atoms with Gasteiger partial charge in [-0.25, -0.2) is 0 Å². The number of ether oxygens (including phenoxy) is 2. The van der Waals surface area contributed by atoms with Crippen molar-refractivity contribution in [2.75, 3.05) is 32.1 Å². The maximum atomic E-state index is 12.3. The summed E-state index contributed by atoms with van der Waals surface area (Å²) in [6.07, 6.45) is 6.85. The molecule has 29 heavy (non-hydrogen) atoms. The predicted molar refractivity (Wildman–Crippen MR) is 115 cm³/mol. The van der Waals surface area contributed by atoms with Crippen molar-refractivity contribution in [3.8, 4) is 5.75 Å². The first kappa shape index (κ1) is 19.7. The van der Waals surface area contributed by atoms with Crippen LogP contribution in [0.4, 0.5) is 5.69 Å². The predicted octanol–water partition coefficient (Wildman–Crippen LogP) is 3.88. The molecule has 2 aromatic rings. The highest BCUT2D eigenvalue weighted by Crippen LogP contribution is 2.24. The van der Waals surface area contributed by atoms with Crippen LogP contribution in [0.5, 0.6) is 5.75 Å². The Morgan fingerprint density at radius 1 is 1.24 bits per heavy atom. The molecule has 152 valence electrons. The lowest BCUT2D eigenvalue weighted by Gasteiger charge is -2.28. The average molecular weight is 392 g/mol. The van der Waals surface area contributed by atoms with E-state index in [2.05, 4.69) is 46.6 Å². The first-order valence-electron chi connectivity index (χ1n) is 10.3. The molecule has 5 heteroatoms. The fraction of sp³-hybridized carbons (Fsp3) is 0.375. The van der Waals surface area contributed by atoms with Crippen molar-refractivity contribution in [3.63, 3.8) is 0 Å². The van der Waals surface area contributed by atoms with Gasteiger partial charge < -0.3 is 14.8 Å². The van der Waals surface area contributed by atoms with Gasteiger partial charge >= 0.3 is 0 Å². The molecule has 1 unspecified atom stereocenters. The maximum Gasteiger partial charge on any atom is 0.253 e. The number of carbonyl (C=O) groups is 1. The smallest absolute Gasteiger partial charge is 0.253 e. The van der Waals surface area contributed by atoms with E-state index in [0.29, 0.717) is 6.61 Å². The number of hydrogen-bond donors (Lipinski definition) is 1. The average Bonchev–Trinajstić information content (AvgIpc) is 3.29. The van der Waals surface area contributed by atoms with Gasteiger partial charge in [0.05, 0.1) is 7.11 Å². The van der Waals surface area contributed by atoms with Gasteiger partial charge in [0.1, 0.15) is 11.9 Å². The van der Waals surface area contributed by atoms with Gasteiger partial charge in [-0.05, 0) is 60.2 Å². The Hall–Kier alpha value is -2.63. The number of hydrogen-bond acceptors (Lipinski definition) is 4. The van der Waals surface area contributed by atoms with E-state index in [9.17, 15) is 4.79 Å². The molecule has 4 rings (SSSR count). The first-order chi connectivity index (χ1) is 14.2. The molecule has 0 bridgehead atoms. The molecule has 2 aliphatic heterocycles. The van der Waals surface area contributed by atoms with Gasteiger partial charge in [0, 0.05) is 31.9 Å². The van der Waals surface area contributed by atoms with Gasteiger partial charge in [0.25, 0.3) is 5.91 Å². The number of anilines is 1. The standard InChI is InChI=1S/C24H28N2O3/c1-28-22-10-6-18(7-11-22)4-2-13-26-14-12-19-8-9-21(16-20(19)17-26)25-24(27)23-5-3-15-29-23/h2,4,6-11,16,23H,3,5,12-15,17H2,1H3,(H,25,27). The Morgan fingerprint density at radius 2 is 2.10 bits per heavy atom. The maximum absolute atomic E-state index is 12.3. The third-order valence-corrected chi connectivity index (χ3v) is 5.58. The molecular formula is C24H28N2O3. The third kappa shape index (κ3) is 5.05. The molecule has 1 amide bonds. The molecule has 2 aromatic carbocycles. The second-order valence-electron chi connectivity index (χ2n) is 7.64. The summed E-state index contributed by atoms with van der Waals surface area (Å²) in [6, 6.07) is 14.3. The van der Waals surface area contributed by atoms with Crippen LogP contribution in [0.15, 0.2) is 48.5 Å². The summed E-state index contributed by atoms with van der Waals surface area (Å²) in [7, 11) is 1.68. The van der Waals surface area contributed by atoms with E-state index in [1.807, 2.05) is 18.2 Å². The highest BCUT2D eigenvalue weighted by atomic mass is 16.5. The summed E-state index contributed by atoms with van der Waals surface area (Å²) in [5.41, 5.74) is 4.69. The monoisotopic (exact) mass is 392 g/mol. The summed E-state index contributed by atoms with van der Waals surface area (Å²) in [6.45, 7) is 3.52. The number of carbonyl (C=O) groups excluding carboxylic acids is 1. The zero-order valence-corrected chi connectivity index (χ0v) is 16.9. The number of nitrogens with zero attached hydrogens (tertiary/aromatic N) is 1. The normalized spacial score (nSPS) is 19.3. The van der Waals surface area contributed by atoms with Gasteiger partial charge in [-0.3, -0.25) is 9.69 Å². The summed E-state index contributed by atoms with van der Waals surface area (Å²) in [4.78, 5) is 14.7. The minimum Gasteiger partial charge on any atom is -0.497 e. The first-order valence-corrected chi connectivity index (χ1v) is 10.3. The summed E-state index contributed by atoms with van der Waals surface area (Å²) >= 11 is 0. The number of nitrogens with one attached hydrogen (secondary N) is 1. The number of rotatable bonds is 6. The topological polar surface area (TPSA) is 50.8 Å². The summed E-state index contributed by atoms with van der Waals surface area (Å²) in [5, 5.41) is 3.02. The van der Waals surface area contributed by atoms with E-state index in [4.69, 9.17) is 9.47 Å². The lowest BCUT2D eigenvalue weighted by Crippen LogP contribution is -2.31. The van der Waals surface area contributed by atoms with Crippen molar-refractivity contribution in [2.24, 2.45) is 0 Å². The van der Waals surface area contributed by atoms with Crippen molar-refractivity contribution in [1.82, 2.24) is 4.90 Å². The van der Waals surface area contributed by atoms with Crippen LogP contribution in [-0.4, -0.2) is 43.7 Å². The Balaban J connectivity index is 1.34. The van der Waals surface area contributed by atoms with Crippen molar-refractivity contribution in [3.05, 3.63) is 65.2 Å². The van der Waals surface area contributed by atoms with Gasteiger partial charge in [-0.15, -0.1) is 0 Å². The second kappa shape index (κ2) is 9.25. The zero-order chi connectivity index (χ0) is 20.1. The fourth-order valence-electron chi connectivity index (χ4n) is 3.91. The van der Waals surface area contributed by atoms with E-state index in [1.165, 1.54) is 16.7 Å². The van der Waals surface area contributed by atoms with Crippen LogP contribution in [0, 0.1) is 0 Å². The molecule has 0 aliphatic carbocycles. The summed E-state index contributed by atoms with van der Waals surface area (Å²) in [5.74, 6) is 0.842. The molecule has 1 fully saturated rings. The minimum atomic E-state index is -0.300. The van der Waals surface area contributed by atoms with Crippen LogP contribution in [0.3, 0.4) is 0 Å². The van der Waals surface area contributed by atoms with Crippen LogP contribution in [0.1, 0.15) is 29.5 Å². The molecule has 1 saturated heterocycles. The van der Waals surface area contributed by atoms with Crippen molar-refractivity contribution in [2.45, 2.75) is 31.9 Å². The van der Waals surface area contributed by atoms with Crippen LogP contribution in [0.2, 0.25) is 0 Å². The number of benzene rings is 2. The Bertz CT molecular complexity index is 870. The highest BCUT2D eigenvalue weighted by Gasteiger charge is 2.24. The lowest BCUT2D eigenvalue weighted by atomic mass is 9.99. The second-order valence-corrected chi connectivity index (χ2v) is 7.64. The number of fused-ring (bicyclic) bond motifs is 1. The van der Waals surface area contributed by atoms with Crippen molar-refractivity contribution < 1.29 is 14.3 Å². The Morgan fingerprint density at radius 3 is 2.86 bits per heavy atom. The molecule has 0 radical (unpaired) electrons. The number of amides is 1. The van der Waals surface area contributed by atoms with Crippen LogP contribution in [0.25, 0.3) is 6.08 Å². The van der Waals surface area contributed by atoms with E-state index >= 15 is 0 Å². The lowest BCUT2D eigenvalue weighted by molar-refractivity contribution is -0.124. The SMILES string of the molecule is COc1ccc(C=CCN2CCc3ccc(NC(=O)C4CCCO4)cc3C2)cc1. The van der Waals surface area contributed by atoms with E-state index < -0.39 is 0 Å². The van der Waals surface area contributed by atoms with Gasteiger partial charge in [0.15, 0.2) is 0 Å². The van der Waals surface area contributed by atoms with Gasteiger partial charge in [-0.1, -0.05) is 30.4 Å². The number of methoxy groups -OCH3 is 1. The molecule has 0 saturated carbocycles. The van der Waals surface area contributed by atoms with E-state index in [-0.39, 0.29) is 12.0 Å². The molecule has 2 heterocycles. The molecule has 2 aliphatic rings. The van der Waals surface area contributed by atoms with Gasteiger partial charge in [-0.2, -0.15) is 0 Å². The zero-order valence-electron chi connectivity index (χ0n) is 16.9. The quantitative estimate of drug-likeness (QED) is 0.811. The largest absolute Gasteiger partial charge is 0.497 e. The Labute approximate surface area is 172 Å². The molecule has 0 aromatic heterocycles. The Kier molecular flexibility index (Phi) is 6.27.